The highest BCUT2D eigenvalue weighted by Gasteiger charge is 2.38. The maximum atomic E-state index is 13.0. The number of aromatic nitrogens is 2. The number of nitrogens with one attached hydrogen (secondary N) is 1. The van der Waals surface area contributed by atoms with Gasteiger partial charge in [0.25, 0.3) is 0 Å². The van der Waals surface area contributed by atoms with Crippen molar-refractivity contribution in [3.63, 3.8) is 0 Å². The monoisotopic (exact) mass is 409 g/mol. The summed E-state index contributed by atoms with van der Waals surface area (Å²) in [6, 6.07) is 6.86. The molecule has 2 N–H and O–H groups in total. The van der Waals surface area contributed by atoms with Crippen LogP contribution in [0.25, 0.3) is 0 Å². The lowest BCUT2D eigenvalue weighted by Gasteiger charge is -2.25. The van der Waals surface area contributed by atoms with E-state index in [1.807, 2.05) is 19.2 Å². The van der Waals surface area contributed by atoms with Gasteiger partial charge in [-0.2, -0.15) is 5.10 Å². The second-order valence-electron chi connectivity index (χ2n) is 6.68. The van der Waals surface area contributed by atoms with Crippen LogP contribution >= 0.6 is 11.3 Å². The molecular formula is C18H23N3O4S2. The van der Waals surface area contributed by atoms with Gasteiger partial charge in [0, 0.05) is 10.9 Å². The first-order chi connectivity index (χ1) is 12.7. The highest BCUT2D eigenvalue weighted by atomic mass is 32.2. The van der Waals surface area contributed by atoms with Crippen molar-refractivity contribution in [3.05, 3.63) is 57.9 Å². The Labute approximate surface area is 162 Å². The number of thiophene rings is 1. The Bertz CT molecular complexity index is 969. The fraction of sp³-hybridized carbons (Fsp3) is 0.389. The topological polar surface area (TPSA) is 97.4 Å². The summed E-state index contributed by atoms with van der Waals surface area (Å²) in [5.74, 6) is 0.277. The van der Waals surface area contributed by atoms with E-state index in [4.69, 9.17) is 4.42 Å². The van der Waals surface area contributed by atoms with Gasteiger partial charge in [-0.3, -0.25) is 4.68 Å². The lowest BCUT2D eigenvalue weighted by Crippen LogP contribution is -2.41. The summed E-state index contributed by atoms with van der Waals surface area (Å²) in [6.45, 7) is 7.02. The summed E-state index contributed by atoms with van der Waals surface area (Å²) < 4.78 is 35.6. The van der Waals surface area contributed by atoms with Gasteiger partial charge in [-0.1, -0.05) is 6.07 Å². The predicted molar refractivity (Wildman–Crippen MR) is 103 cm³/mol. The molecule has 0 radical (unpaired) electrons. The Morgan fingerprint density at radius 3 is 2.59 bits per heavy atom. The molecule has 0 aliphatic carbocycles. The van der Waals surface area contributed by atoms with Crippen LogP contribution in [0.1, 0.15) is 41.9 Å². The molecule has 3 aromatic rings. The van der Waals surface area contributed by atoms with Gasteiger partial charge >= 0.3 is 0 Å². The number of rotatable bonds is 7. The van der Waals surface area contributed by atoms with Crippen molar-refractivity contribution in [2.75, 3.05) is 6.54 Å². The fourth-order valence-electron chi connectivity index (χ4n) is 3.13. The Kier molecular flexibility index (Phi) is 5.31. The van der Waals surface area contributed by atoms with Crippen molar-refractivity contribution in [2.24, 2.45) is 0 Å². The number of hydrogen-bond acceptors (Lipinski definition) is 6. The first kappa shape index (κ1) is 19.8. The molecule has 0 spiro atoms. The number of hydrogen-bond donors (Lipinski definition) is 2. The quantitative estimate of drug-likeness (QED) is 0.625. The van der Waals surface area contributed by atoms with Crippen LogP contribution in [0.5, 0.6) is 0 Å². The van der Waals surface area contributed by atoms with E-state index in [0.717, 1.165) is 0 Å². The van der Waals surface area contributed by atoms with E-state index in [-0.39, 0.29) is 23.2 Å². The maximum absolute atomic E-state index is 13.0. The Morgan fingerprint density at radius 2 is 2.07 bits per heavy atom. The first-order valence-corrected chi connectivity index (χ1v) is 10.9. The molecule has 146 valence electrons. The standard InChI is InChI=1S/C18H23N3O4S2/c1-12(2)21-14(4)17(13(3)20-21)27(23,24)19-11-18(22,15-7-5-9-25-15)16-8-6-10-26-16/h5-10,12,19,22H,11H2,1-4H3. The largest absolute Gasteiger partial charge is 0.466 e. The first-order valence-electron chi connectivity index (χ1n) is 8.52. The van der Waals surface area contributed by atoms with Crippen molar-refractivity contribution in [1.82, 2.24) is 14.5 Å². The molecule has 0 saturated heterocycles. The molecule has 0 aromatic carbocycles. The predicted octanol–water partition coefficient (Wildman–Crippen LogP) is 2.95. The van der Waals surface area contributed by atoms with Crippen molar-refractivity contribution >= 4 is 21.4 Å². The summed E-state index contributed by atoms with van der Waals surface area (Å²) >= 11 is 1.33. The van der Waals surface area contributed by atoms with Crippen LogP contribution in [-0.4, -0.2) is 29.8 Å². The van der Waals surface area contributed by atoms with Gasteiger partial charge in [-0.05, 0) is 51.3 Å². The van der Waals surface area contributed by atoms with Crippen LogP contribution in [0, 0.1) is 13.8 Å². The molecule has 3 aromatic heterocycles. The number of aryl methyl sites for hydroxylation is 1. The molecule has 7 nitrogen and oxygen atoms in total. The fourth-order valence-corrected chi connectivity index (χ4v) is 5.42. The highest BCUT2D eigenvalue weighted by molar-refractivity contribution is 7.89. The van der Waals surface area contributed by atoms with E-state index in [0.29, 0.717) is 16.3 Å². The van der Waals surface area contributed by atoms with Crippen molar-refractivity contribution in [2.45, 2.75) is 44.2 Å². The third-order valence-corrected chi connectivity index (χ3v) is 7.07. The van der Waals surface area contributed by atoms with Gasteiger partial charge < -0.3 is 9.52 Å². The zero-order valence-corrected chi connectivity index (χ0v) is 17.3. The average molecular weight is 410 g/mol. The summed E-state index contributed by atoms with van der Waals surface area (Å²) in [6.07, 6.45) is 1.45. The number of sulfonamides is 1. The summed E-state index contributed by atoms with van der Waals surface area (Å²) in [4.78, 5) is 0.732. The van der Waals surface area contributed by atoms with Crippen molar-refractivity contribution < 1.29 is 17.9 Å². The minimum absolute atomic E-state index is 0.0406. The van der Waals surface area contributed by atoms with E-state index in [1.165, 1.54) is 17.6 Å². The number of aliphatic hydroxyl groups is 1. The number of nitrogens with zero attached hydrogens (tertiary/aromatic N) is 2. The van der Waals surface area contributed by atoms with Gasteiger partial charge in [-0.15, -0.1) is 11.3 Å². The highest BCUT2D eigenvalue weighted by Crippen LogP contribution is 2.33. The zero-order chi connectivity index (χ0) is 19.8. The normalized spacial score (nSPS) is 14.6. The van der Waals surface area contributed by atoms with Gasteiger partial charge in [-0.25, -0.2) is 13.1 Å². The molecule has 3 rings (SSSR count). The average Bonchev–Trinajstić information content (AvgIpc) is 3.34. The second kappa shape index (κ2) is 7.23. The molecule has 0 amide bonds. The molecular weight excluding hydrogens is 386 g/mol. The maximum Gasteiger partial charge on any atom is 0.244 e. The molecule has 0 aliphatic heterocycles. The van der Waals surface area contributed by atoms with Gasteiger partial charge in [0.15, 0.2) is 5.60 Å². The van der Waals surface area contributed by atoms with E-state index in [2.05, 4.69) is 9.82 Å². The molecule has 3 heterocycles. The molecule has 1 unspecified atom stereocenters. The van der Waals surface area contributed by atoms with E-state index >= 15 is 0 Å². The molecule has 0 aliphatic rings. The van der Waals surface area contributed by atoms with E-state index < -0.39 is 15.6 Å². The van der Waals surface area contributed by atoms with Crippen LogP contribution in [0.3, 0.4) is 0 Å². The third kappa shape index (κ3) is 3.60. The van der Waals surface area contributed by atoms with Gasteiger partial charge in [0.2, 0.25) is 10.0 Å². The van der Waals surface area contributed by atoms with Crippen LogP contribution in [-0.2, 0) is 15.6 Å². The van der Waals surface area contributed by atoms with Crippen molar-refractivity contribution in [3.8, 4) is 0 Å². The lowest BCUT2D eigenvalue weighted by molar-refractivity contribution is 0.0655. The molecule has 27 heavy (non-hydrogen) atoms. The summed E-state index contributed by atoms with van der Waals surface area (Å²) in [7, 11) is -3.88. The van der Waals surface area contributed by atoms with Crippen LogP contribution in [0.15, 0.2) is 45.2 Å². The minimum atomic E-state index is -3.88. The van der Waals surface area contributed by atoms with Gasteiger partial charge in [0.1, 0.15) is 10.7 Å². The number of furan rings is 1. The second-order valence-corrected chi connectivity index (χ2v) is 9.33. The van der Waals surface area contributed by atoms with Crippen LogP contribution in [0.2, 0.25) is 0 Å². The van der Waals surface area contributed by atoms with Gasteiger partial charge in [0.05, 0.1) is 24.2 Å². The third-order valence-electron chi connectivity index (χ3n) is 4.39. The van der Waals surface area contributed by atoms with Crippen LogP contribution in [0.4, 0.5) is 0 Å². The SMILES string of the molecule is Cc1nn(C(C)C)c(C)c1S(=O)(=O)NCC(O)(c1ccco1)c1cccs1. The van der Waals surface area contributed by atoms with Crippen molar-refractivity contribution in [1.29, 1.82) is 0 Å². The molecule has 0 saturated carbocycles. The lowest BCUT2D eigenvalue weighted by atomic mass is 9.99. The smallest absolute Gasteiger partial charge is 0.244 e. The minimum Gasteiger partial charge on any atom is -0.466 e. The Morgan fingerprint density at radius 1 is 1.33 bits per heavy atom. The van der Waals surface area contributed by atoms with Crippen LogP contribution < -0.4 is 4.72 Å². The van der Waals surface area contributed by atoms with E-state index in [9.17, 15) is 13.5 Å². The summed E-state index contributed by atoms with van der Waals surface area (Å²) in [5, 5.41) is 17.4. The zero-order valence-electron chi connectivity index (χ0n) is 15.6. The molecule has 9 heteroatoms. The summed E-state index contributed by atoms with van der Waals surface area (Å²) in [5.41, 5.74) is -0.611. The molecule has 0 bridgehead atoms. The molecule has 0 fully saturated rings. The van der Waals surface area contributed by atoms with E-state index in [1.54, 1.807) is 42.8 Å². The molecule has 1 atom stereocenters. The Hall–Kier alpha value is -1.94. The Balaban J connectivity index is 1.95.